The Balaban J connectivity index is 2.52. The normalized spacial score (nSPS) is 14.0. The molecule has 1 atom stereocenters. The molecule has 0 saturated heterocycles. The van der Waals surface area contributed by atoms with Gasteiger partial charge in [0.25, 0.3) is 0 Å². The Labute approximate surface area is 111 Å². The Kier molecular flexibility index (Phi) is 3.24. The number of halogens is 2. The van der Waals surface area contributed by atoms with Crippen LogP contribution in [0.2, 0.25) is 0 Å². The second kappa shape index (κ2) is 4.47. The van der Waals surface area contributed by atoms with Crippen LogP contribution in [-0.4, -0.2) is 9.55 Å². The third-order valence-electron chi connectivity index (χ3n) is 3.74. The van der Waals surface area contributed by atoms with Gasteiger partial charge >= 0.3 is 0 Å². The highest BCUT2D eigenvalue weighted by atomic mass is 19.1. The van der Waals surface area contributed by atoms with Crippen molar-refractivity contribution >= 4 is 17.0 Å². The second-order valence-electron chi connectivity index (χ2n) is 6.10. The first-order valence-corrected chi connectivity index (χ1v) is 6.31. The van der Waals surface area contributed by atoms with E-state index in [4.69, 9.17) is 5.73 Å². The highest BCUT2D eigenvalue weighted by Gasteiger charge is 2.23. The Morgan fingerprint density at radius 2 is 1.95 bits per heavy atom. The fourth-order valence-corrected chi connectivity index (χ4v) is 1.91. The van der Waals surface area contributed by atoms with E-state index < -0.39 is 11.6 Å². The van der Waals surface area contributed by atoms with Gasteiger partial charge in [0.05, 0.1) is 5.52 Å². The molecule has 104 valence electrons. The summed E-state index contributed by atoms with van der Waals surface area (Å²) >= 11 is 0. The van der Waals surface area contributed by atoms with E-state index in [2.05, 4.69) is 32.7 Å². The zero-order chi connectivity index (χ0) is 14.4. The summed E-state index contributed by atoms with van der Waals surface area (Å²) in [7, 11) is 0. The summed E-state index contributed by atoms with van der Waals surface area (Å²) < 4.78 is 28.7. The topological polar surface area (TPSA) is 43.8 Å². The van der Waals surface area contributed by atoms with Crippen molar-refractivity contribution in [3.63, 3.8) is 0 Å². The molecule has 0 saturated carbocycles. The second-order valence-corrected chi connectivity index (χ2v) is 6.10. The van der Waals surface area contributed by atoms with Gasteiger partial charge in [-0.1, -0.05) is 27.7 Å². The van der Waals surface area contributed by atoms with E-state index >= 15 is 0 Å². The molecule has 2 aromatic rings. The van der Waals surface area contributed by atoms with Crippen molar-refractivity contribution in [2.75, 3.05) is 5.73 Å². The lowest BCUT2D eigenvalue weighted by molar-refractivity contribution is 0.236. The first-order chi connectivity index (χ1) is 8.70. The van der Waals surface area contributed by atoms with Gasteiger partial charge in [0.15, 0.2) is 5.82 Å². The van der Waals surface area contributed by atoms with Crippen LogP contribution >= 0.6 is 0 Å². The Hall–Kier alpha value is -1.65. The minimum Gasteiger partial charge on any atom is -0.369 e. The fraction of sp³-hybridized carbons (Fsp3) is 0.500. The molecule has 5 heteroatoms. The van der Waals surface area contributed by atoms with Crippen molar-refractivity contribution in [1.29, 1.82) is 0 Å². The molecule has 1 aromatic carbocycles. The fourth-order valence-electron chi connectivity index (χ4n) is 1.91. The molecule has 1 unspecified atom stereocenters. The first kappa shape index (κ1) is 13.8. The molecular formula is C14H19F2N3. The molecule has 0 radical (unpaired) electrons. The van der Waals surface area contributed by atoms with Gasteiger partial charge in [-0.3, -0.25) is 0 Å². The summed E-state index contributed by atoms with van der Waals surface area (Å²) in [6.07, 6.45) is 0. The zero-order valence-electron chi connectivity index (χ0n) is 11.7. The molecule has 2 N–H and O–H groups in total. The number of nitrogen functional groups attached to an aromatic ring is 1. The van der Waals surface area contributed by atoms with Crippen molar-refractivity contribution in [3.8, 4) is 0 Å². The smallest absolute Gasteiger partial charge is 0.201 e. The monoisotopic (exact) mass is 267 g/mol. The van der Waals surface area contributed by atoms with E-state index in [9.17, 15) is 8.78 Å². The van der Waals surface area contributed by atoms with Crippen LogP contribution < -0.4 is 5.73 Å². The predicted molar refractivity (Wildman–Crippen MR) is 72.7 cm³/mol. The number of anilines is 1. The van der Waals surface area contributed by atoms with Gasteiger partial charge in [0, 0.05) is 18.7 Å². The molecular weight excluding hydrogens is 248 g/mol. The van der Waals surface area contributed by atoms with E-state index in [-0.39, 0.29) is 16.9 Å². The lowest BCUT2D eigenvalue weighted by Gasteiger charge is -2.28. The summed E-state index contributed by atoms with van der Waals surface area (Å²) in [4.78, 5) is 3.99. The van der Waals surface area contributed by atoms with Crippen LogP contribution in [0.3, 0.4) is 0 Å². The number of nitrogens with two attached hydrogens (primary N) is 1. The van der Waals surface area contributed by atoms with Gasteiger partial charge in [-0.2, -0.15) is 0 Å². The average molecular weight is 267 g/mol. The van der Waals surface area contributed by atoms with Crippen LogP contribution in [0.25, 0.3) is 11.0 Å². The molecule has 0 spiro atoms. The zero-order valence-corrected chi connectivity index (χ0v) is 11.7. The Morgan fingerprint density at radius 3 is 2.53 bits per heavy atom. The summed E-state index contributed by atoms with van der Waals surface area (Å²) in [5.74, 6) is -0.785. The third kappa shape index (κ3) is 2.55. The van der Waals surface area contributed by atoms with Crippen LogP contribution in [0.5, 0.6) is 0 Å². The summed E-state index contributed by atoms with van der Waals surface area (Å²) in [5, 5.41) is 0. The molecule has 0 aliphatic rings. The largest absolute Gasteiger partial charge is 0.369 e. The van der Waals surface area contributed by atoms with Crippen LogP contribution in [0.15, 0.2) is 12.1 Å². The molecule has 0 aliphatic heterocycles. The molecule has 0 aliphatic carbocycles. The molecule has 0 bridgehead atoms. The van der Waals surface area contributed by atoms with Crippen molar-refractivity contribution in [2.45, 2.75) is 34.2 Å². The number of rotatable bonds is 2. The molecule has 1 aromatic heterocycles. The van der Waals surface area contributed by atoms with Crippen molar-refractivity contribution in [3.05, 3.63) is 23.8 Å². The molecule has 3 nitrogen and oxygen atoms in total. The van der Waals surface area contributed by atoms with Gasteiger partial charge in [-0.15, -0.1) is 0 Å². The maximum absolute atomic E-state index is 13.6. The van der Waals surface area contributed by atoms with E-state index in [0.717, 1.165) is 6.07 Å². The van der Waals surface area contributed by atoms with Gasteiger partial charge in [-0.25, -0.2) is 13.8 Å². The van der Waals surface area contributed by atoms with Crippen LogP contribution in [-0.2, 0) is 6.54 Å². The van der Waals surface area contributed by atoms with Crippen molar-refractivity contribution < 1.29 is 8.78 Å². The number of nitrogens with zero attached hydrogens (tertiary/aromatic N) is 2. The van der Waals surface area contributed by atoms with Crippen molar-refractivity contribution in [2.24, 2.45) is 11.3 Å². The number of imidazole rings is 1. The van der Waals surface area contributed by atoms with Gasteiger partial charge in [0.2, 0.25) is 5.95 Å². The third-order valence-corrected chi connectivity index (χ3v) is 3.74. The molecule has 2 rings (SSSR count). The van der Waals surface area contributed by atoms with Gasteiger partial charge < -0.3 is 10.3 Å². The number of fused-ring (bicyclic) bond motifs is 1. The Bertz CT molecular complexity index is 611. The highest BCUT2D eigenvalue weighted by molar-refractivity contribution is 5.79. The van der Waals surface area contributed by atoms with E-state index in [1.54, 1.807) is 4.57 Å². The minimum absolute atomic E-state index is 0.0783. The van der Waals surface area contributed by atoms with Crippen LogP contribution in [0, 0.1) is 23.0 Å². The van der Waals surface area contributed by atoms with E-state index in [0.29, 0.717) is 18.0 Å². The maximum Gasteiger partial charge on any atom is 0.201 e. The van der Waals surface area contributed by atoms with Gasteiger partial charge in [-0.05, 0) is 11.3 Å². The average Bonchev–Trinajstić information content (AvgIpc) is 2.56. The van der Waals surface area contributed by atoms with E-state index in [1.165, 1.54) is 6.07 Å². The number of aromatic nitrogens is 2. The van der Waals surface area contributed by atoms with Gasteiger partial charge in [0.1, 0.15) is 11.3 Å². The maximum atomic E-state index is 13.6. The molecule has 19 heavy (non-hydrogen) atoms. The van der Waals surface area contributed by atoms with Crippen LogP contribution in [0.4, 0.5) is 14.7 Å². The highest BCUT2D eigenvalue weighted by Crippen LogP contribution is 2.30. The lowest BCUT2D eigenvalue weighted by Crippen LogP contribution is -2.23. The van der Waals surface area contributed by atoms with E-state index in [1.807, 2.05) is 0 Å². The number of benzene rings is 1. The molecule has 0 fully saturated rings. The SMILES string of the molecule is CC(Cn1c(N)nc2c(F)cc(F)cc21)C(C)(C)C. The standard InChI is InChI=1S/C14H19F2N3/c1-8(14(2,3)4)7-19-11-6-9(15)5-10(16)12(11)18-13(19)17/h5-6,8H,7H2,1-4H3,(H2,17,18). The van der Waals surface area contributed by atoms with Crippen molar-refractivity contribution in [1.82, 2.24) is 9.55 Å². The molecule has 0 amide bonds. The van der Waals surface area contributed by atoms with Crippen LogP contribution in [0.1, 0.15) is 27.7 Å². The summed E-state index contributed by atoms with van der Waals surface area (Å²) in [5.41, 5.74) is 6.44. The number of hydrogen-bond acceptors (Lipinski definition) is 2. The predicted octanol–water partition coefficient (Wildman–Crippen LogP) is 3.58. The molecule has 1 heterocycles. The summed E-state index contributed by atoms with van der Waals surface area (Å²) in [6, 6.07) is 2.10. The number of hydrogen-bond donors (Lipinski definition) is 1. The minimum atomic E-state index is -0.677. The quantitative estimate of drug-likeness (QED) is 0.903. The first-order valence-electron chi connectivity index (χ1n) is 6.31. The Morgan fingerprint density at radius 1 is 1.32 bits per heavy atom. The summed E-state index contributed by atoms with van der Waals surface area (Å²) in [6.45, 7) is 9.02. The lowest BCUT2D eigenvalue weighted by atomic mass is 9.82.